The van der Waals surface area contributed by atoms with Crippen LogP contribution in [0.25, 0.3) is 110 Å². The van der Waals surface area contributed by atoms with Gasteiger partial charge in [-0.1, -0.05) is 146 Å². The van der Waals surface area contributed by atoms with Crippen LogP contribution in [0.1, 0.15) is 0 Å². The molecule has 0 atom stereocenters. The Morgan fingerprint density at radius 2 is 0.655 bits per heavy atom. The molecular formula is C54H34N4. The van der Waals surface area contributed by atoms with Gasteiger partial charge in [-0.15, -0.1) is 0 Å². The zero-order valence-electron chi connectivity index (χ0n) is 31.4. The topological polar surface area (TPSA) is 35.6 Å². The van der Waals surface area contributed by atoms with Gasteiger partial charge in [-0.05, 0) is 82.2 Å². The Labute approximate surface area is 334 Å². The molecule has 0 aliphatic heterocycles. The van der Waals surface area contributed by atoms with Gasteiger partial charge in [-0.2, -0.15) is 0 Å². The second-order valence-electron chi connectivity index (χ2n) is 15.1. The van der Waals surface area contributed by atoms with Crippen LogP contribution in [0.3, 0.4) is 0 Å². The lowest BCUT2D eigenvalue weighted by Crippen LogP contribution is -2.01. The molecule has 270 valence electrons. The van der Waals surface area contributed by atoms with Crippen molar-refractivity contribution in [1.82, 2.24) is 19.1 Å². The van der Waals surface area contributed by atoms with Crippen LogP contribution in [0.5, 0.6) is 0 Å². The summed E-state index contributed by atoms with van der Waals surface area (Å²) >= 11 is 0. The fourth-order valence-electron chi connectivity index (χ4n) is 8.95. The maximum atomic E-state index is 5.43. The largest absolute Gasteiger partial charge is 0.309 e. The first-order valence-corrected chi connectivity index (χ1v) is 19.7. The van der Waals surface area contributed by atoms with Gasteiger partial charge >= 0.3 is 0 Å². The molecule has 0 aliphatic rings. The minimum absolute atomic E-state index is 0.687. The van der Waals surface area contributed by atoms with Crippen LogP contribution >= 0.6 is 0 Å². The fraction of sp³-hybridized carbons (Fsp3) is 0. The predicted octanol–water partition coefficient (Wildman–Crippen LogP) is 14.0. The predicted molar refractivity (Wildman–Crippen MR) is 242 cm³/mol. The number of nitrogens with zero attached hydrogens (tertiary/aromatic N) is 4. The summed E-state index contributed by atoms with van der Waals surface area (Å²) in [5.41, 5.74) is 11.5. The second-order valence-corrected chi connectivity index (χ2v) is 15.1. The van der Waals surface area contributed by atoms with E-state index in [1.165, 1.54) is 37.7 Å². The third-order valence-corrected chi connectivity index (χ3v) is 11.7. The molecule has 0 spiro atoms. The minimum Gasteiger partial charge on any atom is -0.309 e. The standard InChI is InChI=1S/C54H34N4/c1-3-15-37-29-39(27-25-35(37)13-1)48-34-49(56-54(55-48)40-28-26-36-14-2-4-16-38(36)30-40)41-31-42(57-50-21-9-5-17-44(50)45-18-6-10-22-51(45)57)33-43(32-41)58-52-23-11-7-19-46(52)47-20-8-12-24-53(47)58/h1-34H. The molecule has 0 aliphatic carbocycles. The molecule has 12 aromatic rings. The van der Waals surface area contributed by atoms with Gasteiger partial charge in [-0.3, -0.25) is 0 Å². The molecule has 58 heavy (non-hydrogen) atoms. The normalized spacial score (nSPS) is 11.8. The number of aromatic nitrogens is 4. The van der Waals surface area contributed by atoms with Gasteiger partial charge in [0.25, 0.3) is 0 Å². The Morgan fingerprint density at radius 1 is 0.276 bits per heavy atom. The summed E-state index contributed by atoms with van der Waals surface area (Å²) in [7, 11) is 0. The summed E-state index contributed by atoms with van der Waals surface area (Å²) in [6.45, 7) is 0. The minimum atomic E-state index is 0.687. The number of fused-ring (bicyclic) bond motifs is 8. The zero-order valence-corrected chi connectivity index (χ0v) is 31.4. The van der Waals surface area contributed by atoms with Crippen molar-refractivity contribution in [2.24, 2.45) is 0 Å². The zero-order chi connectivity index (χ0) is 38.2. The molecule has 0 radical (unpaired) electrons. The first-order valence-electron chi connectivity index (χ1n) is 19.7. The molecule has 0 bridgehead atoms. The lowest BCUT2D eigenvalue weighted by Gasteiger charge is -2.16. The Kier molecular flexibility index (Phi) is 7.20. The molecule has 4 heteroatoms. The molecule has 0 N–H and O–H groups in total. The monoisotopic (exact) mass is 738 g/mol. The Hall–Kier alpha value is -7.82. The van der Waals surface area contributed by atoms with Crippen molar-refractivity contribution in [3.05, 3.63) is 206 Å². The van der Waals surface area contributed by atoms with E-state index in [1.807, 2.05) is 0 Å². The highest BCUT2D eigenvalue weighted by Crippen LogP contribution is 2.39. The third-order valence-electron chi connectivity index (χ3n) is 11.7. The van der Waals surface area contributed by atoms with Gasteiger partial charge in [0, 0.05) is 49.6 Å². The van der Waals surface area contributed by atoms with Crippen LogP contribution in [0, 0.1) is 0 Å². The van der Waals surface area contributed by atoms with Gasteiger partial charge in [0.15, 0.2) is 5.82 Å². The van der Waals surface area contributed by atoms with Crippen molar-refractivity contribution in [3.63, 3.8) is 0 Å². The van der Waals surface area contributed by atoms with Gasteiger partial charge in [0.1, 0.15) is 0 Å². The van der Waals surface area contributed by atoms with Crippen LogP contribution in [-0.4, -0.2) is 19.1 Å². The quantitative estimate of drug-likeness (QED) is 0.176. The molecule has 3 heterocycles. The van der Waals surface area contributed by atoms with Crippen LogP contribution in [0.4, 0.5) is 0 Å². The Morgan fingerprint density at radius 3 is 1.14 bits per heavy atom. The summed E-state index contributed by atoms with van der Waals surface area (Å²) in [6, 6.07) is 74.0. The molecule has 3 aromatic heterocycles. The van der Waals surface area contributed by atoms with Crippen molar-refractivity contribution in [3.8, 4) is 45.3 Å². The number of rotatable bonds is 5. The Bertz CT molecular complexity index is 3250. The van der Waals surface area contributed by atoms with Crippen LogP contribution in [0.15, 0.2) is 206 Å². The third kappa shape index (κ3) is 5.16. The Balaban J connectivity index is 1.17. The molecule has 4 nitrogen and oxygen atoms in total. The number of benzene rings is 9. The van der Waals surface area contributed by atoms with E-state index in [0.717, 1.165) is 66.9 Å². The highest BCUT2D eigenvalue weighted by molar-refractivity contribution is 6.10. The summed E-state index contributed by atoms with van der Waals surface area (Å²) < 4.78 is 4.81. The fourth-order valence-corrected chi connectivity index (χ4v) is 8.95. The van der Waals surface area contributed by atoms with E-state index < -0.39 is 0 Å². The number of para-hydroxylation sites is 4. The van der Waals surface area contributed by atoms with Crippen molar-refractivity contribution in [1.29, 1.82) is 0 Å². The maximum absolute atomic E-state index is 5.43. The molecular weight excluding hydrogens is 705 g/mol. The molecule has 9 aromatic carbocycles. The average Bonchev–Trinajstić information content (AvgIpc) is 3.81. The first kappa shape index (κ1) is 32.4. The lowest BCUT2D eigenvalue weighted by atomic mass is 10.0. The van der Waals surface area contributed by atoms with E-state index in [2.05, 4.69) is 215 Å². The number of hydrogen-bond donors (Lipinski definition) is 0. The van der Waals surface area contributed by atoms with Crippen LogP contribution in [0.2, 0.25) is 0 Å². The summed E-state index contributed by atoms with van der Waals surface area (Å²) in [5.74, 6) is 0.687. The summed E-state index contributed by atoms with van der Waals surface area (Å²) in [4.78, 5) is 10.7. The van der Waals surface area contributed by atoms with Crippen molar-refractivity contribution < 1.29 is 0 Å². The highest BCUT2D eigenvalue weighted by Gasteiger charge is 2.19. The van der Waals surface area contributed by atoms with E-state index in [4.69, 9.17) is 9.97 Å². The smallest absolute Gasteiger partial charge is 0.160 e. The van der Waals surface area contributed by atoms with Gasteiger partial charge in [0.05, 0.1) is 33.5 Å². The lowest BCUT2D eigenvalue weighted by molar-refractivity contribution is 1.13. The van der Waals surface area contributed by atoms with Crippen molar-refractivity contribution in [2.75, 3.05) is 0 Å². The molecule has 0 saturated carbocycles. The van der Waals surface area contributed by atoms with Gasteiger partial charge in [-0.25, -0.2) is 9.97 Å². The highest BCUT2D eigenvalue weighted by atomic mass is 15.0. The van der Waals surface area contributed by atoms with E-state index in [9.17, 15) is 0 Å². The van der Waals surface area contributed by atoms with Gasteiger partial charge < -0.3 is 9.13 Å². The molecule has 12 rings (SSSR count). The summed E-state index contributed by atoms with van der Waals surface area (Å²) in [5, 5.41) is 9.61. The van der Waals surface area contributed by atoms with E-state index in [1.54, 1.807) is 0 Å². The van der Waals surface area contributed by atoms with E-state index in [-0.39, 0.29) is 0 Å². The maximum Gasteiger partial charge on any atom is 0.160 e. The van der Waals surface area contributed by atoms with Crippen LogP contribution in [-0.2, 0) is 0 Å². The second kappa shape index (κ2) is 12.9. The van der Waals surface area contributed by atoms with Crippen molar-refractivity contribution in [2.45, 2.75) is 0 Å². The number of hydrogen-bond acceptors (Lipinski definition) is 2. The van der Waals surface area contributed by atoms with Gasteiger partial charge in [0.2, 0.25) is 0 Å². The van der Waals surface area contributed by atoms with Crippen LogP contribution < -0.4 is 0 Å². The molecule has 0 fully saturated rings. The molecule has 0 unspecified atom stereocenters. The first-order chi connectivity index (χ1) is 28.7. The van der Waals surface area contributed by atoms with Crippen molar-refractivity contribution >= 4 is 65.2 Å². The summed E-state index contributed by atoms with van der Waals surface area (Å²) in [6.07, 6.45) is 0. The van der Waals surface area contributed by atoms with E-state index in [0.29, 0.717) is 5.82 Å². The van der Waals surface area contributed by atoms with E-state index >= 15 is 0 Å². The molecule has 0 amide bonds. The SMILES string of the molecule is c1ccc2cc(-c3cc(-c4cc(-n5c6ccccc6c6ccccc65)cc(-n5c6ccccc6c6ccccc65)c4)nc(-c4ccc5ccccc5c4)n3)ccc2c1. The molecule has 0 saturated heterocycles. The average molecular weight is 739 g/mol.